The number of hydrogen-bond acceptors (Lipinski definition) is 2. The van der Waals surface area contributed by atoms with Crippen LogP contribution in [0.1, 0.15) is 17.2 Å². The molecule has 5 heteroatoms. The van der Waals surface area contributed by atoms with Crippen molar-refractivity contribution < 1.29 is 9.13 Å². The normalized spacial score (nSPS) is 12.3. The molecule has 0 aromatic heterocycles. The molecule has 1 unspecified atom stereocenters. The molecular weight excluding hydrogens is 288 g/mol. The summed E-state index contributed by atoms with van der Waals surface area (Å²) in [5, 5.41) is 0.760. The van der Waals surface area contributed by atoms with Gasteiger partial charge in [0.25, 0.3) is 0 Å². The largest absolute Gasteiger partial charge is 0.497 e. The van der Waals surface area contributed by atoms with Crippen LogP contribution in [0.3, 0.4) is 0 Å². The molecule has 2 rings (SSSR count). The number of ether oxygens (including phenoxy) is 1. The van der Waals surface area contributed by atoms with Gasteiger partial charge in [0.2, 0.25) is 0 Å². The molecule has 2 nitrogen and oxygen atoms in total. The van der Waals surface area contributed by atoms with Crippen molar-refractivity contribution in [2.45, 2.75) is 6.04 Å². The van der Waals surface area contributed by atoms with E-state index in [4.69, 9.17) is 33.7 Å². The molecule has 0 amide bonds. The minimum Gasteiger partial charge on any atom is -0.497 e. The number of rotatable bonds is 3. The van der Waals surface area contributed by atoms with Gasteiger partial charge in [0.05, 0.1) is 13.2 Å². The van der Waals surface area contributed by atoms with Crippen molar-refractivity contribution in [3.05, 3.63) is 63.4 Å². The zero-order valence-corrected chi connectivity index (χ0v) is 11.7. The Kier molecular flexibility index (Phi) is 4.30. The van der Waals surface area contributed by atoms with E-state index in [1.807, 2.05) is 0 Å². The van der Waals surface area contributed by atoms with Gasteiger partial charge in [-0.15, -0.1) is 0 Å². The van der Waals surface area contributed by atoms with Crippen molar-refractivity contribution in [3.63, 3.8) is 0 Å². The maximum Gasteiger partial charge on any atom is 0.129 e. The van der Waals surface area contributed by atoms with E-state index < -0.39 is 11.9 Å². The number of nitrogens with two attached hydrogens (primary N) is 1. The van der Waals surface area contributed by atoms with Crippen LogP contribution in [0.2, 0.25) is 10.0 Å². The molecule has 0 aliphatic carbocycles. The predicted molar refractivity (Wildman–Crippen MR) is 75.4 cm³/mol. The van der Waals surface area contributed by atoms with Gasteiger partial charge in [-0.2, -0.15) is 0 Å². The predicted octanol–water partition coefficient (Wildman–Crippen LogP) is 4.19. The Morgan fingerprint density at radius 3 is 2.37 bits per heavy atom. The van der Waals surface area contributed by atoms with Gasteiger partial charge in [0.15, 0.2) is 0 Å². The molecule has 0 saturated heterocycles. The molecule has 0 aliphatic rings. The van der Waals surface area contributed by atoms with Crippen molar-refractivity contribution in [2.24, 2.45) is 5.73 Å². The van der Waals surface area contributed by atoms with Gasteiger partial charge < -0.3 is 10.5 Å². The van der Waals surface area contributed by atoms with Gasteiger partial charge in [0, 0.05) is 15.6 Å². The SMILES string of the molecule is COc1ccc(C(N)c2ccc(Cl)cc2F)c(Cl)c1. The zero-order valence-electron chi connectivity index (χ0n) is 10.2. The summed E-state index contributed by atoms with van der Waals surface area (Å²) < 4.78 is 18.9. The average Bonchev–Trinajstić information content (AvgIpc) is 2.37. The maximum absolute atomic E-state index is 13.8. The van der Waals surface area contributed by atoms with Crippen LogP contribution in [0.15, 0.2) is 36.4 Å². The first-order chi connectivity index (χ1) is 9.02. The third-order valence-electron chi connectivity index (χ3n) is 2.84. The molecule has 1 atom stereocenters. The second-order valence-corrected chi connectivity index (χ2v) is 4.87. The summed E-state index contributed by atoms with van der Waals surface area (Å²) in [4.78, 5) is 0. The molecule has 0 bridgehead atoms. The van der Waals surface area contributed by atoms with Crippen molar-refractivity contribution in [2.75, 3.05) is 7.11 Å². The minimum absolute atomic E-state index is 0.328. The van der Waals surface area contributed by atoms with Crippen LogP contribution in [-0.4, -0.2) is 7.11 Å². The van der Waals surface area contributed by atoms with E-state index in [9.17, 15) is 4.39 Å². The molecule has 2 aromatic carbocycles. The van der Waals surface area contributed by atoms with E-state index in [-0.39, 0.29) is 0 Å². The smallest absolute Gasteiger partial charge is 0.129 e. The highest BCUT2D eigenvalue weighted by molar-refractivity contribution is 6.31. The highest BCUT2D eigenvalue weighted by atomic mass is 35.5. The summed E-state index contributed by atoms with van der Waals surface area (Å²) >= 11 is 11.8. The van der Waals surface area contributed by atoms with Gasteiger partial charge in [0.1, 0.15) is 11.6 Å². The summed E-state index contributed by atoms with van der Waals surface area (Å²) in [6, 6.07) is 8.82. The summed E-state index contributed by atoms with van der Waals surface area (Å²) in [5.74, 6) is 0.171. The lowest BCUT2D eigenvalue weighted by Crippen LogP contribution is -2.14. The summed E-state index contributed by atoms with van der Waals surface area (Å²) in [6.07, 6.45) is 0. The van der Waals surface area contributed by atoms with Crippen molar-refractivity contribution >= 4 is 23.2 Å². The highest BCUT2D eigenvalue weighted by Gasteiger charge is 2.17. The molecule has 2 aromatic rings. The third kappa shape index (κ3) is 3.00. The molecule has 100 valence electrons. The Morgan fingerprint density at radius 2 is 1.79 bits per heavy atom. The van der Waals surface area contributed by atoms with Gasteiger partial charge >= 0.3 is 0 Å². The van der Waals surface area contributed by atoms with Crippen LogP contribution in [0.25, 0.3) is 0 Å². The second kappa shape index (κ2) is 5.78. The first-order valence-electron chi connectivity index (χ1n) is 5.57. The standard InChI is InChI=1S/C14H12Cl2FNO/c1-19-9-3-5-10(12(16)7-9)14(18)11-4-2-8(15)6-13(11)17/h2-7,14H,18H2,1H3. The molecule has 0 radical (unpaired) electrons. The molecule has 19 heavy (non-hydrogen) atoms. The molecule has 0 heterocycles. The number of benzene rings is 2. The van der Waals surface area contributed by atoms with Crippen LogP contribution < -0.4 is 10.5 Å². The Bertz CT molecular complexity index is 604. The lowest BCUT2D eigenvalue weighted by Gasteiger charge is -2.16. The van der Waals surface area contributed by atoms with E-state index in [2.05, 4.69) is 0 Å². The zero-order chi connectivity index (χ0) is 14.0. The fraction of sp³-hybridized carbons (Fsp3) is 0.143. The quantitative estimate of drug-likeness (QED) is 0.922. The third-order valence-corrected chi connectivity index (χ3v) is 3.40. The van der Waals surface area contributed by atoms with E-state index in [0.29, 0.717) is 26.9 Å². The molecule has 0 fully saturated rings. The van der Waals surface area contributed by atoms with Gasteiger partial charge in [-0.1, -0.05) is 35.3 Å². The average molecular weight is 300 g/mol. The first kappa shape index (κ1) is 14.1. The van der Waals surface area contributed by atoms with Crippen molar-refractivity contribution in [1.29, 1.82) is 0 Å². The van der Waals surface area contributed by atoms with Crippen LogP contribution >= 0.6 is 23.2 Å². The second-order valence-electron chi connectivity index (χ2n) is 4.03. The lowest BCUT2D eigenvalue weighted by atomic mass is 9.99. The fourth-order valence-electron chi connectivity index (χ4n) is 1.81. The minimum atomic E-state index is -0.657. The molecule has 0 spiro atoms. The monoisotopic (exact) mass is 299 g/mol. The Balaban J connectivity index is 2.41. The van der Waals surface area contributed by atoms with E-state index in [0.717, 1.165) is 0 Å². The molecule has 0 aliphatic heterocycles. The van der Waals surface area contributed by atoms with Crippen LogP contribution in [0.4, 0.5) is 4.39 Å². The van der Waals surface area contributed by atoms with E-state index in [1.165, 1.54) is 6.07 Å². The van der Waals surface area contributed by atoms with E-state index in [1.54, 1.807) is 37.4 Å². The fourth-order valence-corrected chi connectivity index (χ4v) is 2.26. The molecular formula is C14H12Cl2FNO. The molecule has 0 saturated carbocycles. The van der Waals surface area contributed by atoms with Gasteiger partial charge in [-0.25, -0.2) is 4.39 Å². The Morgan fingerprint density at radius 1 is 1.11 bits per heavy atom. The van der Waals surface area contributed by atoms with Crippen LogP contribution in [0.5, 0.6) is 5.75 Å². The number of hydrogen-bond donors (Lipinski definition) is 1. The van der Waals surface area contributed by atoms with Crippen molar-refractivity contribution in [1.82, 2.24) is 0 Å². The first-order valence-corrected chi connectivity index (χ1v) is 6.32. The Labute approximate surface area is 120 Å². The lowest BCUT2D eigenvalue weighted by molar-refractivity contribution is 0.414. The Hall–Kier alpha value is -1.29. The van der Waals surface area contributed by atoms with Gasteiger partial charge in [-0.05, 0) is 29.8 Å². The summed E-state index contributed by atoms with van der Waals surface area (Å²) in [7, 11) is 1.55. The van der Waals surface area contributed by atoms with Crippen LogP contribution in [0, 0.1) is 5.82 Å². The van der Waals surface area contributed by atoms with Crippen molar-refractivity contribution in [3.8, 4) is 5.75 Å². The van der Waals surface area contributed by atoms with E-state index >= 15 is 0 Å². The summed E-state index contributed by atoms with van der Waals surface area (Å²) in [6.45, 7) is 0. The van der Waals surface area contributed by atoms with Crippen LogP contribution in [-0.2, 0) is 0 Å². The topological polar surface area (TPSA) is 35.2 Å². The number of methoxy groups -OCH3 is 1. The van der Waals surface area contributed by atoms with Gasteiger partial charge in [-0.3, -0.25) is 0 Å². The maximum atomic E-state index is 13.8. The highest BCUT2D eigenvalue weighted by Crippen LogP contribution is 2.31. The molecule has 2 N–H and O–H groups in total. The summed E-state index contributed by atoms with van der Waals surface area (Å²) in [5.41, 5.74) is 7.02. The number of halogens is 3.